The van der Waals surface area contributed by atoms with Gasteiger partial charge >= 0.3 is 0 Å². The number of rotatable bonds is 9. The van der Waals surface area contributed by atoms with E-state index in [-0.39, 0.29) is 29.6 Å². The Morgan fingerprint density at radius 1 is 1.22 bits per heavy atom. The number of nitrogens with one attached hydrogen (secondary N) is 2. The molecular weight excluding hydrogens is 453 g/mol. The van der Waals surface area contributed by atoms with Crippen molar-refractivity contribution in [2.75, 3.05) is 26.7 Å². The fourth-order valence-electron chi connectivity index (χ4n) is 2.46. The number of hydrogen-bond donors (Lipinski definition) is 2. The molecule has 0 aliphatic rings. The molecule has 0 amide bonds. The molecule has 1 aromatic heterocycles. The van der Waals surface area contributed by atoms with Crippen LogP contribution in [-0.4, -0.2) is 47.9 Å². The number of hydrogen-bond acceptors (Lipinski definition) is 3. The summed E-state index contributed by atoms with van der Waals surface area (Å²) in [6.07, 6.45) is 4.72. The van der Waals surface area contributed by atoms with Crippen molar-refractivity contribution in [2.24, 2.45) is 4.99 Å². The molecule has 150 valence electrons. The molecule has 0 atom stereocenters. The third kappa shape index (κ3) is 8.30. The van der Waals surface area contributed by atoms with E-state index in [9.17, 15) is 0 Å². The van der Waals surface area contributed by atoms with Gasteiger partial charge in [-0.15, -0.1) is 24.0 Å². The van der Waals surface area contributed by atoms with Crippen LogP contribution in [0.1, 0.15) is 32.2 Å². The van der Waals surface area contributed by atoms with E-state index < -0.39 is 0 Å². The summed E-state index contributed by atoms with van der Waals surface area (Å²) in [6, 6.07) is 10.4. The molecule has 0 unspecified atom stereocenters. The average Bonchev–Trinajstić information content (AvgIpc) is 3.07. The number of benzene rings is 1. The SMILES string of the molecule is CCNC(=NCC(C)(C)OC)NCCc1nccn1Cc1ccccc1.I. The van der Waals surface area contributed by atoms with Gasteiger partial charge in [0.05, 0.1) is 12.1 Å². The van der Waals surface area contributed by atoms with Crippen LogP contribution in [0.15, 0.2) is 47.7 Å². The Morgan fingerprint density at radius 2 is 1.96 bits per heavy atom. The van der Waals surface area contributed by atoms with Gasteiger partial charge in [0.15, 0.2) is 5.96 Å². The van der Waals surface area contributed by atoms with Crippen molar-refractivity contribution in [1.82, 2.24) is 20.2 Å². The first-order valence-corrected chi connectivity index (χ1v) is 9.15. The maximum absolute atomic E-state index is 5.43. The lowest BCUT2D eigenvalue weighted by Crippen LogP contribution is -2.40. The zero-order valence-electron chi connectivity index (χ0n) is 16.7. The molecule has 0 saturated heterocycles. The van der Waals surface area contributed by atoms with Crippen molar-refractivity contribution in [2.45, 2.75) is 39.3 Å². The first kappa shape index (κ1) is 23.4. The number of halogens is 1. The van der Waals surface area contributed by atoms with Gasteiger partial charge in [0, 0.05) is 45.6 Å². The van der Waals surface area contributed by atoms with E-state index in [1.165, 1.54) is 5.56 Å². The van der Waals surface area contributed by atoms with E-state index in [2.05, 4.69) is 56.4 Å². The summed E-state index contributed by atoms with van der Waals surface area (Å²) in [5, 5.41) is 6.65. The minimum Gasteiger partial charge on any atom is -0.377 e. The predicted molar refractivity (Wildman–Crippen MR) is 122 cm³/mol. The van der Waals surface area contributed by atoms with Gasteiger partial charge in [0.2, 0.25) is 0 Å². The highest BCUT2D eigenvalue weighted by Crippen LogP contribution is 2.07. The number of guanidine groups is 1. The third-order valence-electron chi connectivity index (χ3n) is 4.15. The smallest absolute Gasteiger partial charge is 0.191 e. The van der Waals surface area contributed by atoms with Gasteiger partial charge in [-0.2, -0.15) is 0 Å². The van der Waals surface area contributed by atoms with Gasteiger partial charge in [-0.25, -0.2) is 4.98 Å². The summed E-state index contributed by atoms with van der Waals surface area (Å²) in [6.45, 7) is 9.15. The second-order valence-corrected chi connectivity index (χ2v) is 6.79. The highest BCUT2D eigenvalue weighted by atomic mass is 127. The number of nitrogens with zero attached hydrogens (tertiary/aromatic N) is 3. The van der Waals surface area contributed by atoms with Crippen LogP contribution in [0.25, 0.3) is 0 Å². The second-order valence-electron chi connectivity index (χ2n) is 6.79. The highest BCUT2D eigenvalue weighted by Gasteiger charge is 2.15. The molecule has 0 radical (unpaired) electrons. The van der Waals surface area contributed by atoms with Gasteiger partial charge in [0.25, 0.3) is 0 Å². The lowest BCUT2D eigenvalue weighted by Gasteiger charge is -2.21. The van der Waals surface area contributed by atoms with Crippen molar-refractivity contribution < 1.29 is 4.74 Å². The maximum Gasteiger partial charge on any atom is 0.191 e. The molecule has 0 aliphatic heterocycles. The summed E-state index contributed by atoms with van der Waals surface area (Å²) in [7, 11) is 1.71. The number of aliphatic imine (C=N–C) groups is 1. The molecule has 27 heavy (non-hydrogen) atoms. The Balaban J connectivity index is 0.00000364. The largest absolute Gasteiger partial charge is 0.377 e. The van der Waals surface area contributed by atoms with Gasteiger partial charge in [-0.05, 0) is 26.3 Å². The molecule has 0 spiro atoms. The molecule has 0 saturated carbocycles. The molecule has 7 heteroatoms. The predicted octanol–water partition coefficient (Wildman–Crippen LogP) is 3.07. The average molecular weight is 485 g/mol. The van der Waals surface area contributed by atoms with Crippen LogP contribution in [0.3, 0.4) is 0 Å². The zero-order valence-corrected chi connectivity index (χ0v) is 19.1. The number of imidazole rings is 1. The molecule has 1 aromatic carbocycles. The molecule has 0 fully saturated rings. The molecule has 2 rings (SSSR count). The van der Waals surface area contributed by atoms with Crippen molar-refractivity contribution >= 4 is 29.9 Å². The van der Waals surface area contributed by atoms with Crippen LogP contribution in [-0.2, 0) is 17.7 Å². The van der Waals surface area contributed by atoms with Crippen LogP contribution in [0.2, 0.25) is 0 Å². The number of methoxy groups -OCH3 is 1. The van der Waals surface area contributed by atoms with E-state index in [1.54, 1.807) is 7.11 Å². The van der Waals surface area contributed by atoms with E-state index in [0.717, 1.165) is 37.8 Å². The van der Waals surface area contributed by atoms with Crippen molar-refractivity contribution in [1.29, 1.82) is 0 Å². The molecule has 2 aromatic rings. The minimum absolute atomic E-state index is 0. The van der Waals surface area contributed by atoms with Crippen molar-refractivity contribution in [3.63, 3.8) is 0 Å². The number of aromatic nitrogens is 2. The second kappa shape index (κ2) is 12.0. The van der Waals surface area contributed by atoms with Crippen LogP contribution in [0.4, 0.5) is 0 Å². The quantitative estimate of drug-likeness (QED) is 0.326. The molecule has 2 N–H and O–H groups in total. The van der Waals surface area contributed by atoms with E-state index >= 15 is 0 Å². The monoisotopic (exact) mass is 485 g/mol. The third-order valence-corrected chi connectivity index (χ3v) is 4.15. The Hall–Kier alpha value is -1.61. The van der Waals surface area contributed by atoms with Gasteiger partial charge in [0.1, 0.15) is 5.82 Å². The fraction of sp³-hybridized carbons (Fsp3) is 0.500. The topological polar surface area (TPSA) is 63.5 Å². The summed E-state index contributed by atoms with van der Waals surface area (Å²) >= 11 is 0. The molecular formula is C20H32IN5O. The summed E-state index contributed by atoms with van der Waals surface area (Å²) in [5.41, 5.74) is 1.00. The van der Waals surface area contributed by atoms with Crippen LogP contribution in [0, 0.1) is 0 Å². The molecule has 0 aliphatic carbocycles. The van der Waals surface area contributed by atoms with Crippen LogP contribution in [0.5, 0.6) is 0 Å². The summed E-state index contributed by atoms with van der Waals surface area (Å²) in [5.74, 6) is 1.87. The lowest BCUT2D eigenvalue weighted by atomic mass is 10.1. The first-order valence-electron chi connectivity index (χ1n) is 9.15. The highest BCUT2D eigenvalue weighted by molar-refractivity contribution is 14.0. The Kier molecular flexibility index (Phi) is 10.4. The van der Waals surface area contributed by atoms with Gasteiger partial charge in [-0.3, -0.25) is 4.99 Å². The van der Waals surface area contributed by atoms with E-state index in [0.29, 0.717) is 6.54 Å². The van der Waals surface area contributed by atoms with Crippen molar-refractivity contribution in [3.05, 3.63) is 54.1 Å². The zero-order chi connectivity index (χ0) is 18.8. The summed E-state index contributed by atoms with van der Waals surface area (Å²) in [4.78, 5) is 9.10. The lowest BCUT2D eigenvalue weighted by molar-refractivity contribution is 0.0310. The van der Waals surface area contributed by atoms with Crippen LogP contribution < -0.4 is 10.6 Å². The Bertz CT molecular complexity index is 685. The molecule has 6 nitrogen and oxygen atoms in total. The number of ether oxygens (including phenoxy) is 1. The normalized spacial score (nSPS) is 11.8. The minimum atomic E-state index is -0.270. The maximum atomic E-state index is 5.43. The molecule has 0 bridgehead atoms. The summed E-state index contributed by atoms with van der Waals surface area (Å²) < 4.78 is 7.62. The standard InChI is InChI=1S/C20H31N5O.HI/c1-5-21-19(24-16-20(2,3)26-4)23-12-11-18-22-13-14-25(18)15-17-9-7-6-8-10-17;/h6-10,13-14H,5,11-12,15-16H2,1-4H3,(H2,21,23,24);1H. The van der Waals surface area contributed by atoms with Crippen molar-refractivity contribution in [3.8, 4) is 0 Å². The van der Waals surface area contributed by atoms with Crippen LogP contribution >= 0.6 is 24.0 Å². The van der Waals surface area contributed by atoms with E-state index in [1.807, 2.05) is 32.3 Å². The van der Waals surface area contributed by atoms with Gasteiger partial charge < -0.3 is 19.9 Å². The first-order chi connectivity index (χ1) is 12.5. The van der Waals surface area contributed by atoms with E-state index in [4.69, 9.17) is 4.74 Å². The Labute approximate surface area is 179 Å². The fourth-order valence-corrected chi connectivity index (χ4v) is 2.46. The van der Waals surface area contributed by atoms with Gasteiger partial charge in [-0.1, -0.05) is 30.3 Å². The molecule has 1 heterocycles. The Morgan fingerprint density at radius 3 is 2.63 bits per heavy atom.